The molecule has 3 nitrogen and oxygen atoms in total. The minimum Gasteiger partial charge on any atom is -0.398 e. The lowest BCUT2D eigenvalue weighted by molar-refractivity contribution is -0.113. The minimum atomic E-state index is -0.375. The first-order valence-corrected chi connectivity index (χ1v) is 12.4. The molecule has 0 saturated heterocycles. The van der Waals surface area contributed by atoms with Crippen LogP contribution < -0.4 is 5.73 Å². The van der Waals surface area contributed by atoms with Gasteiger partial charge in [-0.15, -0.1) is 0 Å². The molecule has 4 aliphatic rings. The third kappa shape index (κ3) is 5.22. The van der Waals surface area contributed by atoms with E-state index in [2.05, 4.69) is 36.2 Å². The average molecular weight is 447 g/mol. The number of rotatable bonds is 8. The van der Waals surface area contributed by atoms with Gasteiger partial charge < -0.3 is 10.6 Å². The van der Waals surface area contributed by atoms with Crippen molar-refractivity contribution in [3.05, 3.63) is 71.0 Å². The fourth-order valence-electron chi connectivity index (χ4n) is 7.32. The average Bonchev–Trinajstić information content (AvgIpc) is 2.74. The van der Waals surface area contributed by atoms with Crippen molar-refractivity contribution in [1.82, 2.24) is 4.90 Å². The molecule has 2 aromatic rings. The standard InChI is InChI=1S/C29H35FN2O/c1-32(19-29-15-22-10-23(16-29)12-24(11-22)17-29)18-21-4-2-20(3-5-21)6-8-27(33)14-25-13-26(30)7-9-28(25)31/h2-9,13,22-24H,10-12,14-19,31H2,1H3/b8-6+. The Bertz CT molecular complexity index is 1010. The second-order valence-corrected chi connectivity index (χ2v) is 11.2. The summed E-state index contributed by atoms with van der Waals surface area (Å²) in [7, 11) is 2.27. The summed E-state index contributed by atoms with van der Waals surface area (Å²) >= 11 is 0. The van der Waals surface area contributed by atoms with Crippen LogP contribution in [-0.4, -0.2) is 24.3 Å². The highest BCUT2D eigenvalue weighted by atomic mass is 19.1. The van der Waals surface area contributed by atoms with Crippen LogP contribution in [0.4, 0.5) is 10.1 Å². The van der Waals surface area contributed by atoms with Crippen molar-refractivity contribution in [1.29, 1.82) is 0 Å². The molecule has 0 aromatic heterocycles. The second kappa shape index (κ2) is 9.06. The van der Waals surface area contributed by atoms with E-state index in [0.717, 1.165) is 29.9 Å². The Labute approximate surface area is 196 Å². The number of carbonyl (C=O) groups excluding carboxylic acids is 1. The molecule has 0 amide bonds. The van der Waals surface area contributed by atoms with Gasteiger partial charge in [0.05, 0.1) is 0 Å². The van der Waals surface area contributed by atoms with Crippen LogP contribution >= 0.6 is 0 Å². The van der Waals surface area contributed by atoms with E-state index < -0.39 is 0 Å². The fraction of sp³-hybridized carbons (Fsp3) is 0.483. The SMILES string of the molecule is CN(Cc1ccc(/C=C/C(=O)Cc2cc(F)ccc2N)cc1)CC12CC3CC(CC(C3)C1)C2. The molecule has 0 atom stereocenters. The summed E-state index contributed by atoms with van der Waals surface area (Å²) in [6.07, 6.45) is 12.3. The van der Waals surface area contributed by atoms with E-state index in [9.17, 15) is 9.18 Å². The minimum absolute atomic E-state index is 0.0910. The summed E-state index contributed by atoms with van der Waals surface area (Å²) in [4.78, 5) is 14.8. The molecule has 4 aliphatic carbocycles. The van der Waals surface area contributed by atoms with E-state index >= 15 is 0 Å². The highest BCUT2D eigenvalue weighted by Gasteiger charge is 2.50. The largest absolute Gasteiger partial charge is 0.398 e. The number of carbonyl (C=O) groups is 1. The van der Waals surface area contributed by atoms with Crippen LogP contribution in [0.3, 0.4) is 0 Å². The summed E-state index contributed by atoms with van der Waals surface area (Å²) in [6, 6.07) is 12.6. The van der Waals surface area contributed by atoms with Gasteiger partial charge >= 0.3 is 0 Å². The van der Waals surface area contributed by atoms with Crippen molar-refractivity contribution in [2.75, 3.05) is 19.3 Å². The van der Waals surface area contributed by atoms with Gasteiger partial charge in [-0.2, -0.15) is 0 Å². The highest BCUT2D eigenvalue weighted by Crippen LogP contribution is 2.60. The summed E-state index contributed by atoms with van der Waals surface area (Å²) in [5.74, 6) is 2.52. The molecule has 33 heavy (non-hydrogen) atoms. The Morgan fingerprint density at radius 1 is 1.06 bits per heavy atom. The van der Waals surface area contributed by atoms with E-state index in [1.54, 1.807) is 6.08 Å². The molecular weight excluding hydrogens is 411 g/mol. The predicted octanol–water partition coefficient (Wildman–Crippen LogP) is 5.88. The molecule has 4 heteroatoms. The van der Waals surface area contributed by atoms with E-state index in [1.165, 1.54) is 68.8 Å². The third-order valence-corrected chi connectivity index (χ3v) is 8.13. The lowest BCUT2D eigenvalue weighted by Crippen LogP contribution is -2.50. The quantitative estimate of drug-likeness (QED) is 0.407. The summed E-state index contributed by atoms with van der Waals surface area (Å²) in [6.45, 7) is 2.18. The summed E-state index contributed by atoms with van der Waals surface area (Å²) in [5, 5.41) is 0. The number of nitrogens with two attached hydrogens (primary N) is 1. The lowest BCUT2D eigenvalue weighted by Gasteiger charge is -2.57. The maximum absolute atomic E-state index is 13.4. The molecule has 0 aliphatic heterocycles. The number of benzene rings is 2. The predicted molar refractivity (Wildman–Crippen MR) is 132 cm³/mol. The number of hydrogen-bond acceptors (Lipinski definition) is 3. The number of halogens is 1. The van der Waals surface area contributed by atoms with Gasteiger partial charge in [0.1, 0.15) is 5.82 Å². The van der Waals surface area contributed by atoms with Crippen molar-refractivity contribution in [2.24, 2.45) is 23.2 Å². The molecule has 2 N–H and O–H groups in total. The molecule has 0 unspecified atom stereocenters. The molecular formula is C29H35FN2O. The Morgan fingerprint density at radius 3 is 2.33 bits per heavy atom. The zero-order valence-electron chi connectivity index (χ0n) is 19.6. The number of nitrogen functional groups attached to an aromatic ring is 1. The third-order valence-electron chi connectivity index (χ3n) is 8.13. The molecule has 2 aromatic carbocycles. The topological polar surface area (TPSA) is 46.3 Å². The first kappa shape index (κ1) is 22.3. The Morgan fingerprint density at radius 2 is 1.70 bits per heavy atom. The van der Waals surface area contributed by atoms with Crippen LogP contribution in [-0.2, 0) is 17.8 Å². The van der Waals surface area contributed by atoms with Crippen molar-refractivity contribution < 1.29 is 9.18 Å². The zero-order valence-corrected chi connectivity index (χ0v) is 19.6. The van der Waals surface area contributed by atoms with E-state index in [4.69, 9.17) is 5.73 Å². The Balaban J connectivity index is 1.14. The Hall–Kier alpha value is -2.46. The zero-order chi connectivity index (χ0) is 23.0. The van der Waals surface area contributed by atoms with Gasteiger partial charge in [-0.1, -0.05) is 30.3 Å². The smallest absolute Gasteiger partial charge is 0.160 e. The van der Waals surface area contributed by atoms with E-state index in [0.29, 0.717) is 16.7 Å². The van der Waals surface area contributed by atoms with Gasteiger partial charge in [0, 0.05) is 25.2 Å². The van der Waals surface area contributed by atoms with Gasteiger partial charge in [0.25, 0.3) is 0 Å². The van der Waals surface area contributed by atoms with Gasteiger partial charge in [-0.3, -0.25) is 4.79 Å². The molecule has 0 radical (unpaired) electrons. The molecule has 174 valence electrons. The van der Waals surface area contributed by atoms with Crippen molar-refractivity contribution in [2.45, 2.75) is 51.5 Å². The molecule has 4 fully saturated rings. The number of anilines is 1. The number of ketones is 1. The van der Waals surface area contributed by atoms with Gasteiger partial charge in [-0.05, 0) is 110 Å². The van der Waals surface area contributed by atoms with Crippen LogP contribution in [0, 0.1) is 29.0 Å². The van der Waals surface area contributed by atoms with Crippen LogP contribution in [0.15, 0.2) is 48.5 Å². The maximum atomic E-state index is 13.4. The summed E-state index contributed by atoms with van der Waals surface area (Å²) < 4.78 is 13.4. The number of hydrogen-bond donors (Lipinski definition) is 1. The van der Waals surface area contributed by atoms with Crippen molar-refractivity contribution in [3.63, 3.8) is 0 Å². The lowest BCUT2D eigenvalue weighted by atomic mass is 9.49. The summed E-state index contributed by atoms with van der Waals surface area (Å²) in [5.41, 5.74) is 9.68. The second-order valence-electron chi connectivity index (χ2n) is 11.2. The molecule has 0 spiro atoms. The van der Waals surface area contributed by atoms with Crippen LogP contribution in [0.1, 0.15) is 55.2 Å². The molecule has 4 saturated carbocycles. The normalized spacial score (nSPS) is 28.2. The first-order valence-electron chi connectivity index (χ1n) is 12.4. The number of nitrogens with zero attached hydrogens (tertiary/aromatic N) is 1. The fourth-order valence-corrected chi connectivity index (χ4v) is 7.32. The van der Waals surface area contributed by atoms with Crippen LogP contribution in [0.5, 0.6) is 0 Å². The van der Waals surface area contributed by atoms with Crippen molar-refractivity contribution >= 4 is 17.5 Å². The van der Waals surface area contributed by atoms with Gasteiger partial charge in [0.15, 0.2) is 5.78 Å². The highest BCUT2D eigenvalue weighted by molar-refractivity contribution is 5.95. The molecule has 0 heterocycles. The van der Waals surface area contributed by atoms with E-state index in [1.807, 2.05) is 6.08 Å². The monoisotopic (exact) mass is 446 g/mol. The van der Waals surface area contributed by atoms with Crippen LogP contribution in [0.2, 0.25) is 0 Å². The Kier molecular flexibility index (Phi) is 6.13. The van der Waals surface area contributed by atoms with Crippen LogP contribution in [0.25, 0.3) is 6.08 Å². The van der Waals surface area contributed by atoms with Gasteiger partial charge in [-0.25, -0.2) is 4.39 Å². The number of allylic oxidation sites excluding steroid dienone is 1. The van der Waals surface area contributed by atoms with Gasteiger partial charge in [0.2, 0.25) is 0 Å². The molecule has 6 rings (SSSR count). The van der Waals surface area contributed by atoms with Crippen molar-refractivity contribution in [3.8, 4) is 0 Å². The molecule has 4 bridgehead atoms. The first-order chi connectivity index (χ1) is 15.9. The maximum Gasteiger partial charge on any atom is 0.160 e. The van der Waals surface area contributed by atoms with E-state index in [-0.39, 0.29) is 18.0 Å².